The van der Waals surface area contributed by atoms with Gasteiger partial charge in [0.05, 0.1) is 0 Å². The highest BCUT2D eigenvalue weighted by Crippen LogP contribution is 2.22. The highest BCUT2D eigenvalue weighted by Gasteiger charge is 2.09. The Morgan fingerprint density at radius 3 is 2.00 bits per heavy atom. The molecule has 1 aliphatic rings. The van der Waals surface area contributed by atoms with Crippen LogP contribution in [0.4, 0.5) is 0 Å². The molecule has 1 N–H and O–H groups in total. The number of hydrogen-bond donors (Lipinski definition) is 1. The number of hydrogen-bond acceptors (Lipinski definition) is 1. The van der Waals surface area contributed by atoms with Gasteiger partial charge in [0.1, 0.15) is 0 Å². The van der Waals surface area contributed by atoms with Crippen LogP contribution in [-0.2, 0) is 4.79 Å². The molecular weight excluding hydrogens is 186 g/mol. The van der Waals surface area contributed by atoms with Gasteiger partial charge in [-0.25, -0.2) is 0 Å². The molecule has 0 aromatic heterocycles. The molecule has 0 aromatic rings. The van der Waals surface area contributed by atoms with Crippen molar-refractivity contribution in [2.75, 3.05) is 7.05 Å². The van der Waals surface area contributed by atoms with E-state index in [1.807, 2.05) is 20.8 Å². The molecule has 88 valence electrons. The van der Waals surface area contributed by atoms with Gasteiger partial charge in [-0.2, -0.15) is 0 Å². The summed E-state index contributed by atoms with van der Waals surface area (Å²) >= 11 is 0. The summed E-state index contributed by atoms with van der Waals surface area (Å²) in [7, 11) is 1.56. The van der Waals surface area contributed by atoms with Gasteiger partial charge in [0, 0.05) is 13.0 Å². The Hall–Kier alpha value is -0.970. The summed E-state index contributed by atoms with van der Waals surface area (Å²) in [5, 5.41) is 2.25. The number of rotatable bonds is 1. The van der Waals surface area contributed by atoms with E-state index in [-0.39, 0.29) is 0 Å². The van der Waals surface area contributed by atoms with Gasteiger partial charge >= 0.3 is 0 Å². The van der Waals surface area contributed by atoms with Gasteiger partial charge in [0.25, 0.3) is 0 Å². The first-order valence-electron chi connectivity index (χ1n) is 5.88. The van der Waals surface area contributed by atoms with Crippen LogP contribution in [0.5, 0.6) is 0 Å². The van der Waals surface area contributed by atoms with Crippen LogP contribution in [0.15, 0.2) is 0 Å². The standard InChI is InChI=1S/C9H14.C2H5NO.C2H6/c1-2-6-9-7-4-3-5-8-9;1-3-2-4;1-2/h9H,3-5,7-8H2,1H3;2H,1H3,(H,3,4);1-2H3. The molecule has 0 bridgehead atoms. The average Bonchev–Trinajstić information content (AvgIpc) is 2.34. The molecule has 0 unspecified atom stereocenters. The lowest BCUT2D eigenvalue weighted by atomic mass is 9.90. The van der Waals surface area contributed by atoms with Crippen LogP contribution in [0.3, 0.4) is 0 Å². The van der Waals surface area contributed by atoms with Crippen molar-refractivity contribution in [3.63, 3.8) is 0 Å². The molecule has 1 rings (SSSR count). The first-order chi connectivity index (χ1) is 7.35. The summed E-state index contributed by atoms with van der Waals surface area (Å²) < 4.78 is 0. The van der Waals surface area contributed by atoms with E-state index in [4.69, 9.17) is 4.79 Å². The summed E-state index contributed by atoms with van der Waals surface area (Å²) in [5.74, 6) is 6.96. The lowest BCUT2D eigenvalue weighted by molar-refractivity contribution is -0.109. The van der Waals surface area contributed by atoms with Crippen molar-refractivity contribution in [1.29, 1.82) is 0 Å². The zero-order valence-corrected chi connectivity index (χ0v) is 10.6. The third-order valence-corrected chi connectivity index (χ3v) is 2.07. The SMILES string of the molecule is CC.CC#CC1CCCCC1.CNC=O. The van der Waals surface area contributed by atoms with Crippen LogP contribution in [0, 0.1) is 17.8 Å². The molecule has 1 saturated carbocycles. The van der Waals surface area contributed by atoms with E-state index >= 15 is 0 Å². The Kier molecular flexibility index (Phi) is 17.0. The van der Waals surface area contributed by atoms with Crippen molar-refractivity contribution in [1.82, 2.24) is 5.32 Å². The van der Waals surface area contributed by atoms with Crippen molar-refractivity contribution >= 4 is 6.41 Å². The van der Waals surface area contributed by atoms with Crippen LogP contribution in [0.1, 0.15) is 52.9 Å². The summed E-state index contributed by atoms with van der Waals surface area (Å²) in [6.07, 6.45) is 7.56. The van der Waals surface area contributed by atoms with Crippen LogP contribution in [0.2, 0.25) is 0 Å². The molecule has 0 radical (unpaired) electrons. The predicted molar refractivity (Wildman–Crippen MR) is 66.5 cm³/mol. The summed E-state index contributed by atoms with van der Waals surface area (Å²) in [4.78, 5) is 9.06. The summed E-state index contributed by atoms with van der Waals surface area (Å²) in [6.45, 7) is 5.94. The Morgan fingerprint density at radius 2 is 1.67 bits per heavy atom. The topological polar surface area (TPSA) is 29.1 Å². The molecule has 0 spiro atoms. The van der Waals surface area contributed by atoms with E-state index in [1.165, 1.54) is 32.1 Å². The van der Waals surface area contributed by atoms with Gasteiger partial charge in [-0.3, -0.25) is 4.79 Å². The maximum Gasteiger partial charge on any atom is 0.206 e. The fourth-order valence-electron chi connectivity index (χ4n) is 1.45. The average molecular weight is 211 g/mol. The van der Waals surface area contributed by atoms with E-state index in [2.05, 4.69) is 17.2 Å². The molecule has 0 saturated heterocycles. The smallest absolute Gasteiger partial charge is 0.206 e. The number of nitrogens with one attached hydrogen (secondary N) is 1. The third kappa shape index (κ3) is 13.0. The van der Waals surface area contributed by atoms with Crippen LogP contribution < -0.4 is 5.32 Å². The Balaban J connectivity index is 0. The van der Waals surface area contributed by atoms with Gasteiger partial charge < -0.3 is 5.32 Å². The van der Waals surface area contributed by atoms with Crippen molar-refractivity contribution < 1.29 is 4.79 Å². The Labute approximate surface area is 94.8 Å². The van der Waals surface area contributed by atoms with E-state index < -0.39 is 0 Å². The molecular formula is C13H25NO. The molecule has 15 heavy (non-hydrogen) atoms. The second-order valence-corrected chi connectivity index (χ2v) is 3.14. The number of carbonyl (C=O) groups excluding carboxylic acids is 1. The van der Waals surface area contributed by atoms with Crippen LogP contribution in [0.25, 0.3) is 0 Å². The van der Waals surface area contributed by atoms with Crippen LogP contribution >= 0.6 is 0 Å². The van der Waals surface area contributed by atoms with Gasteiger partial charge in [-0.15, -0.1) is 11.8 Å². The second-order valence-electron chi connectivity index (χ2n) is 3.14. The Morgan fingerprint density at radius 1 is 1.20 bits per heavy atom. The fraction of sp³-hybridized carbons (Fsp3) is 0.769. The third-order valence-electron chi connectivity index (χ3n) is 2.07. The molecule has 1 fully saturated rings. The number of amides is 1. The van der Waals surface area contributed by atoms with E-state index in [1.54, 1.807) is 7.05 Å². The second kappa shape index (κ2) is 15.5. The van der Waals surface area contributed by atoms with E-state index in [9.17, 15) is 0 Å². The molecule has 2 nitrogen and oxygen atoms in total. The zero-order chi connectivity index (χ0) is 11.9. The summed E-state index contributed by atoms with van der Waals surface area (Å²) in [6, 6.07) is 0. The first-order valence-corrected chi connectivity index (χ1v) is 5.88. The van der Waals surface area contributed by atoms with E-state index in [0.717, 1.165) is 5.92 Å². The molecule has 0 aromatic carbocycles. The van der Waals surface area contributed by atoms with Crippen molar-refractivity contribution in [2.24, 2.45) is 5.92 Å². The van der Waals surface area contributed by atoms with E-state index in [0.29, 0.717) is 6.41 Å². The predicted octanol–water partition coefficient (Wildman–Crippen LogP) is 2.98. The lowest BCUT2D eigenvalue weighted by Gasteiger charge is -2.15. The van der Waals surface area contributed by atoms with Crippen molar-refractivity contribution in [3.8, 4) is 11.8 Å². The minimum absolute atomic E-state index is 0.625. The molecule has 0 aliphatic heterocycles. The minimum atomic E-state index is 0.625. The van der Waals surface area contributed by atoms with Crippen molar-refractivity contribution in [2.45, 2.75) is 52.9 Å². The molecule has 1 aliphatic carbocycles. The fourth-order valence-corrected chi connectivity index (χ4v) is 1.45. The highest BCUT2D eigenvalue weighted by atomic mass is 16.1. The Bertz CT molecular complexity index is 173. The van der Waals surface area contributed by atoms with Gasteiger partial charge in [0.2, 0.25) is 6.41 Å². The normalized spacial score (nSPS) is 14.1. The van der Waals surface area contributed by atoms with Crippen molar-refractivity contribution in [3.05, 3.63) is 0 Å². The van der Waals surface area contributed by atoms with Gasteiger partial charge in [-0.05, 0) is 19.8 Å². The maximum absolute atomic E-state index is 9.06. The van der Waals surface area contributed by atoms with Gasteiger partial charge in [-0.1, -0.05) is 33.1 Å². The number of carbonyl (C=O) groups is 1. The monoisotopic (exact) mass is 211 g/mol. The zero-order valence-electron chi connectivity index (χ0n) is 10.6. The lowest BCUT2D eigenvalue weighted by Crippen LogP contribution is -2.02. The summed E-state index contributed by atoms with van der Waals surface area (Å²) in [5.41, 5.74) is 0. The minimum Gasteiger partial charge on any atom is -0.362 e. The molecule has 0 atom stereocenters. The first kappa shape index (κ1) is 16.5. The van der Waals surface area contributed by atoms with Gasteiger partial charge in [0.15, 0.2) is 0 Å². The highest BCUT2D eigenvalue weighted by molar-refractivity contribution is 5.44. The quantitative estimate of drug-likeness (QED) is 0.524. The molecule has 0 heterocycles. The van der Waals surface area contributed by atoms with Crippen LogP contribution in [-0.4, -0.2) is 13.5 Å². The maximum atomic E-state index is 9.06. The molecule has 1 amide bonds. The largest absolute Gasteiger partial charge is 0.362 e. The molecule has 2 heteroatoms.